The average molecular weight is 234 g/mol. The summed E-state index contributed by atoms with van der Waals surface area (Å²) in [7, 11) is 0. The van der Waals surface area contributed by atoms with Crippen LogP contribution in [0.3, 0.4) is 0 Å². The zero-order valence-corrected chi connectivity index (χ0v) is 9.99. The molecule has 4 nitrogen and oxygen atoms in total. The van der Waals surface area contributed by atoms with Crippen molar-refractivity contribution in [1.82, 2.24) is 5.32 Å². The molecule has 0 saturated heterocycles. The van der Waals surface area contributed by atoms with Gasteiger partial charge in [0, 0.05) is 17.6 Å². The highest BCUT2D eigenvalue weighted by atomic mass is 16.3. The van der Waals surface area contributed by atoms with E-state index >= 15 is 0 Å². The highest BCUT2D eigenvalue weighted by molar-refractivity contribution is 5.94. The first kappa shape index (κ1) is 11.9. The molecule has 2 rings (SSSR count). The molecule has 0 unspecified atom stereocenters. The Labute approximate surface area is 101 Å². The smallest absolute Gasteiger partial charge is 0.251 e. The van der Waals surface area contributed by atoms with Gasteiger partial charge in [-0.2, -0.15) is 0 Å². The van der Waals surface area contributed by atoms with Crippen molar-refractivity contribution in [3.63, 3.8) is 0 Å². The van der Waals surface area contributed by atoms with Crippen molar-refractivity contribution in [2.45, 2.75) is 31.7 Å². The Morgan fingerprint density at radius 2 is 2.24 bits per heavy atom. The lowest BCUT2D eigenvalue weighted by Crippen LogP contribution is -2.54. The van der Waals surface area contributed by atoms with Crippen LogP contribution in [0.15, 0.2) is 18.2 Å². The Balaban J connectivity index is 1.97. The van der Waals surface area contributed by atoms with E-state index in [2.05, 4.69) is 5.32 Å². The summed E-state index contributed by atoms with van der Waals surface area (Å²) >= 11 is 0. The third-order valence-corrected chi connectivity index (χ3v) is 3.41. The van der Waals surface area contributed by atoms with Gasteiger partial charge in [0.05, 0.1) is 0 Å². The van der Waals surface area contributed by atoms with Crippen molar-refractivity contribution in [3.8, 4) is 5.75 Å². The van der Waals surface area contributed by atoms with Crippen LogP contribution in [0.2, 0.25) is 0 Å². The molecule has 1 aromatic rings. The fraction of sp³-hybridized carbons (Fsp3) is 0.462. The fourth-order valence-electron chi connectivity index (χ4n) is 1.96. The molecule has 1 saturated carbocycles. The second-order valence-electron chi connectivity index (χ2n) is 4.90. The lowest BCUT2D eigenvalue weighted by molar-refractivity contribution is 0.0929. The molecule has 1 fully saturated rings. The van der Waals surface area contributed by atoms with Gasteiger partial charge in [-0.25, -0.2) is 0 Å². The predicted molar refractivity (Wildman–Crippen MR) is 65.9 cm³/mol. The van der Waals surface area contributed by atoms with Crippen LogP contribution in [-0.2, 0) is 0 Å². The molecule has 0 aliphatic heterocycles. The van der Waals surface area contributed by atoms with Crippen LogP contribution in [0.5, 0.6) is 5.75 Å². The molecule has 4 N–H and O–H groups in total. The number of benzene rings is 1. The Hall–Kier alpha value is -1.55. The molecule has 0 aromatic heterocycles. The molecule has 0 bridgehead atoms. The number of nitrogens with one attached hydrogen (secondary N) is 1. The summed E-state index contributed by atoms with van der Waals surface area (Å²) in [6, 6.07) is 4.82. The van der Waals surface area contributed by atoms with Crippen molar-refractivity contribution in [2.24, 2.45) is 5.73 Å². The van der Waals surface area contributed by atoms with E-state index in [0.29, 0.717) is 17.7 Å². The minimum absolute atomic E-state index is 0.134. The number of aryl methyl sites for hydroxylation is 1. The van der Waals surface area contributed by atoms with Gasteiger partial charge in [0.2, 0.25) is 0 Å². The summed E-state index contributed by atoms with van der Waals surface area (Å²) in [6.45, 7) is 2.29. The summed E-state index contributed by atoms with van der Waals surface area (Å²) in [5.41, 5.74) is 7.08. The van der Waals surface area contributed by atoms with Gasteiger partial charge < -0.3 is 16.2 Å². The second-order valence-corrected chi connectivity index (χ2v) is 4.90. The lowest BCUT2D eigenvalue weighted by atomic mass is 9.78. The Morgan fingerprint density at radius 3 is 2.76 bits per heavy atom. The molecule has 92 valence electrons. The van der Waals surface area contributed by atoms with E-state index in [1.165, 1.54) is 6.07 Å². The first-order chi connectivity index (χ1) is 8.00. The number of hydrogen-bond acceptors (Lipinski definition) is 3. The van der Waals surface area contributed by atoms with Crippen molar-refractivity contribution in [2.75, 3.05) is 6.54 Å². The van der Waals surface area contributed by atoms with E-state index in [-0.39, 0.29) is 17.2 Å². The van der Waals surface area contributed by atoms with Crippen LogP contribution < -0.4 is 11.1 Å². The van der Waals surface area contributed by atoms with Crippen LogP contribution in [-0.4, -0.2) is 23.1 Å². The number of aromatic hydroxyl groups is 1. The molecule has 17 heavy (non-hydrogen) atoms. The minimum atomic E-state index is -0.207. The maximum Gasteiger partial charge on any atom is 0.251 e. The Bertz CT molecular complexity index is 439. The topological polar surface area (TPSA) is 75.4 Å². The molecule has 4 heteroatoms. The van der Waals surface area contributed by atoms with Gasteiger partial charge in [0.15, 0.2) is 0 Å². The monoisotopic (exact) mass is 234 g/mol. The van der Waals surface area contributed by atoms with Gasteiger partial charge >= 0.3 is 0 Å². The zero-order valence-electron chi connectivity index (χ0n) is 9.99. The third-order valence-electron chi connectivity index (χ3n) is 3.41. The van der Waals surface area contributed by atoms with E-state index in [0.717, 1.165) is 19.3 Å². The molecule has 0 atom stereocenters. The maximum atomic E-state index is 11.8. The van der Waals surface area contributed by atoms with Crippen LogP contribution >= 0.6 is 0 Å². The van der Waals surface area contributed by atoms with Crippen molar-refractivity contribution < 1.29 is 9.90 Å². The van der Waals surface area contributed by atoms with Gasteiger partial charge in [0.1, 0.15) is 5.75 Å². The largest absolute Gasteiger partial charge is 0.508 e. The number of rotatable bonds is 3. The second kappa shape index (κ2) is 4.37. The van der Waals surface area contributed by atoms with Gasteiger partial charge in [-0.1, -0.05) is 0 Å². The number of hydrogen-bond donors (Lipinski definition) is 3. The Kier molecular flexibility index (Phi) is 3.07. The average Bonchev–Trinajstić information content (AvgIpc) is 2.27. The van der Waals surface area contributed by atoms with E-state index in [1.807, 2.05) is 0 Å². The van der Waals surface area contributed by atoms with Crippen molar-refractivity contribution in [3.05, 3.63) is 29.3 Å². The number of carbonyl (C=O) groups is 1. The van der Waals surface area contributed by atoms with Gasteiger partial charge in [-0.15, -0.1) is 0 Å². The van der Waals surface area contributed by atoms with Gasteiger partial charge in [-0.05, 0) is 49.9 Å². The van der Waals surface area contributed by atoms with Crippen molar-refractivity contribution in [1.29, 1.82) is 0 Å². The SMILES string of the molecule is Cc1cc(C(=O)NCC2(N)CCC2)ccc1O. The van der Waals surface area contributed by atoms with Gasteiger partial charge in [0.25, 0.3) is 5.91 Å². The van der Waals surface area contributed by atoms with E-state index in [9.17, 15) is 9.90 Å². The zero-order chi connectivity index (χ0) is 12.5. The molecule has 1 aliphatic rings. The summed E-state index contributed by atoms with van der Waals surface area (Å²) < 4.78 is 0. The number of phenolic OH excluding ortho intramolecular Hbond substituents is 1. The Morgan fingerprint density at radius 1 is 1.53 bits per heavy atom. The standard InChI is InChI=1S/C13H18N2O2/c1-9-7-10(3-4-11(9)16)12(17)15-8-13(14)5-2-6-13/h3-4,7,16H,2,5-6,8,14H2,1H3,(H,15,17). The minimum Gasteiger partial charge on any atom is -0.508 e. The van der Waals surface area contributed by atoms with Crippen LogP contribution in [0.25, 0.3) is 0 Å². The number of nitrogens with two attached hydrogens (primary N) is 1. The van der Waals surface area contributed by atoms with Crippen LogP contribution in [0, 0.1) is 6.92 Å². The summed E-state index contributed by atoms with van der Waals surface area (Å²) in [6.07, 6.45) is 3.09. The first-order valence-corrected chi connectivity index (χ1v) is 5.87. The quantitative estimate of drug-likeness (QED) is 0.738. The summed E-state index contributed by atoms with van der Waals surface area (Å²) in [5, 5.41) is 12.2. The predicted octanol–water partition coefficient (Wildman–Crippen LogP) is 1.31. The van der Waals surface area contributed by atoms with E-state index in [4.69, 9.17) is 5.73 Å². The first-order valence-electron chi connectivity index (χ1n) is 5.87. The number of carbonyl (C=O) groups excluding carboxylic acids is 1. The summed E-state index contributed by atoms with van der Waals surface area (Å²) in [5.74, 6) is 0.0701. The summed E-state index contributed by atoms with van der Waals surface area (Å²) in [4.78, 5) is 11.8. The van der Waals surface area contributed by atoms with E-state index < -0.39 is 0 Å². The maximum absolute atomic E-state index is 11.8. The van der Waals surface area contributed by atoms with Crippen molar-refractivity contribution >= 4 is 5.91 Å². The van der Waals surface area contributed by atoms with E-state index in [1.54, 1.807) is 19.1 Å². The molecule has 1 aliphatic carbocycles. The third kappa shape index (κ3) is 2.58. The number of phenols is 1. The fourth-order valence-corrected chi connectivity index (χ4v) is 1.96. The lowest BCUT2D eigenvalue weighted by Gasteiger charge is -2.38. The highest BCUT2D eigenvalue weighted by Gasteiger charge is 2.32. The molecule has 0 spiro atoms. The molecular formula is C13H18N2O2. The van der Waals surface area contributed by atoms with Crippen LogP contribution in [0.4, 0.5) is 0 Å². The highest BCUT2D eigenvalue weighted by Crippen LogP contribution is 2.28. The molecule has 0 heterocycles. The number of amides is 1. The normalized spacial score (nSPS) is 17.3. The molecule has 1 aromatic carbocycles. The van der Waals surface area contributed by atoms with Gasteiger partial charge in [-0.3, -0.25) is 4.79 Å². The molecular weight excluding hydrogens is 216 g/mol. The molecule has 1 amide bonds. The van der Waals surface area contributed by atoms with Crippen LogP contribution in [0.1, 0.15) is 35.2 Å². The molecule has 0 radical (unpaired) electrons.